The van der Waals surface area contributed by atoms with Crippen molar-refractivity contribution in [3.05, 3.63) is 82.4 Å². The number of anilines is 1. The van der Waals surface area contributed by atoms with Crippen LogP contribution in [0.1, 0.15) is 41.9 Å². The van der Waals surface area contributed by atoms with Crippen LogP contribution in [0.2, 0.25) is 5.02 Å². The highest BCUT2D eigenvalue weighted by Gasteiger charge is 2.74. The van der Waals surface area contributed by atoms with Crippen LogP contribution in [0.3, 0.4) is 0 Å². The third-order valence-electron chi connectivity index (χ3n) is 7.76. The molecular formula is C29H26ClN5O3. The van der Waals surface area contributed by atoms with Crippen molar-refractivity contribution in [3.8, 4) is 11.8 Å². The van der Waals surface area contributed by atoms with E-state index in [9.17, 15) is 15.0 Å². The fourth-order valence-electron chi connectivity index (χ4n) is 5.77. The number of Topliss-reactive ketones (excluding diaryl/α,β-unsaturated/α-hetero) is 1. The van der Waals surface area contributed by atoms with Crippen molar-refractivity contribution in [2.24, 2.45) is 11.3 Å². The van der Waals surface area contributed by atoms with E-state index in [1.54, 1.807) is 10.9 Å². The second-order valence-corrected chi connectivity index (χ2v) is 10.6. The molecule has 2 aromatic heterocycles. The van der Waals surface area contributed by atoms with E-state index < -0.39 is 23.7 Å². The zero-order chi connectivity index (χ0) is 26.6. The number of nitrogens with one attached hydrogen (secondary N) is 1. The predicted octanol–water partition coefficient (Wildman–Crippen LogP) is 3.67. The highest BCUT2D eigenvalue weighted by Crippen LogP contribution is 2.68. The number of fused-ring (bicyclic) bond motifs is 2. The van der Waals surface area contributed by atoms with Crippen LogP contribution < -0.4 is 5.32 Å². The fraction of sp³-hybridized carbons (Fsp3) is 0.310. The van der Waals surface area contributed by atoms with Gasteiger partial charge in [-0.15, -0.1) is 0 Å². The van der Waals surface area contributed by atoms with Crippen LogP contribution >= 0.6 is 11.6 Å². The smallest absolute Gasteiger partial charge is 0.209 e. The molecule has 2 aliphatic carbocycles. The van der Waals surface area contributed by atoms with Gasteiger partial charge in [-0.2, -0.15) is 0 Å². The highest BCUT2D eigenvalue weighted by molar-refractivity contribution is 6.30. The van der Waals surface area contributed by atoms with Crippen LogP contribution in [0.4, 0.5) is 5.82 Å². The molecule has 0 aliphatic heterocycles. The summed E-state index contributed by atoms with van der Waals surface area (Å²) < 4.78 is 1.76. The number of carbonyl (C=O) groups is 1. The Balaban J connectivity index is 1.42. The summed E-state index contributed by atoms with van der Waals surface area (Å²) in [6.07, 6.45) is -0.128. The number of nitrogens with zero attached hydrogens (tertiary/aromatic N) is 4. The molecule has 2 aromatic carbocycles. The first-order valence-electron chi connectivity index (χ1n) is 12.5. The Bertz CT molecular complexity index is 1640. The Morgan fingerprint density at radius 1 is 1.18 bits per heavy atom. The van der Waals surface area contributed by atoms with E-state index in [-0.39, 0.29) is 17.5 Å². The summed E-state index contributed by atoms with van der Waals surface area (Å²) >= 11 is 6.15. The summed E-state index contributed by atoms with van der Waals surface area (Å²) in [6.45, 7) is 3.93. The summed E-state index contributed by atoms with van der Waals surface area (Å²) in [5.74, 6) is 6.67. The number of aryl methyl sites for hydroxylation is 1. The molecule has 3 N–H and O–H groups in total. The van der Waals surface area contributed by atoms with Crippen LogP contribution in [-0.4, -0.2) is 47.7 Å². The first-order chi connectivity index (χ1) is 18.3. The third-order valence-corrected chi connectivity index (χ3v) is 7.99. The number of benzene rings is 2. The minimum atomic E-state index is -1.13. The standard InChI is InChI=1S/C29H26ClN5O3/c1-16-5-3-6-18(11-16)9-10-22-33-27(31-14-19-7-4-8-20(30)12-19)23-28(34-22)35(15-32-23)24-21-13-29(21,17(2)36)26(38)25(24)37/h3-8,11-12,15,21,24-26,37-38H,13-14H2,1-2H3,(H,31,33,34)/t21?,24-,25+,26?,29-/m1/s1. The van der Waals surface area contributed by atoms with Crippen molar-refractivity contribution in [1.82, 2.24) is 19.5 Å². The lowest BCUT2D eigenvalue weighted by atomic mass is 9.95. The maximum Gasteiger partial charge on any atom is 0.209 e. The number of aliphatic hydroxyl groups excluding tert-OH is 2. The van der Waals surface area contributed by atoms with Crippen molar-refractivity contribution >= 4 is 34.4 Å². The Hall–Kier alpha value is -3.77. The van der Waals surface area contributed by atoms with Crippen molar-refractivity contribution < 1.29 is 15.0 Å². The van der Waals surface area contributed by atoms with E-state index in [2.05, 4.69) is 27.1 Å². The topological polar surface area (TPSA) is 113 Å². The zero-order valence-electron chi connectivity index (χ0n) is 20.9. The molecule has 0 amide bonds. The van der Waals surface area contributed by atoms with Gasteiger partial charge < -0.3 is 20.1 Å². The van der Waals surface area contributed by atoms with Gasteiger partial charge in [-0.05, 0) is 67.5 Å². The molecule has 2 aliphatic rings. The van der Waals surface area contributed by atoms with E-state index in [0.29, 0.717) is 35.0 Å². The molecule has 8 nitrogen and oxygen atoms in total. The molecular weight excluding hydrogens is 502 g/mol. The van der Waals surface area contributed by atoms with Crippen LogP contribution in [0.25, 0.3) is 11.2 Å². The average molecular weight is 528 g/mol. The van der Waals surface area contributed by atoms with Gasteiger partial charge in [0.15, 0.2) is 17.0 Å². The van der Waals surface area contributed by atoms with Crippen LogP contribution in [0, 0.1) is 30.1 Å². The van der Waals surface area contributed by atoms with Crippen molar-refractivity contribution in [2.45, 2.75) is 45.1 Å². The van der Waals surface area contributed by atoms with Crippen LogP contribution in [0.5, 0.6) is 0 Å². The summed E-state index contributed by atoms with van der Waals surface area (Å²) in [7, 11) is 0. The first kappa shape index (κ1) is 24.6. The maximum absolute atomic E-state index is 12.4. The van der Waals surface area contributed by atoms with Gasteiger partial charge in [-0.25, -0.2) is 15.0 Å². The van der Waals surface area contributed by atoms with Crippen LogP contribution in [-0.2, 0) is 11.3 Å². The largest absolute Gasteiger partial charge is 0.389 e. The number of rotatable bonds is 5. The molecule has 0 saturated heterocycles. The Morgan fingerprint density at radius 3 is 2.74 bits per heavy atom. The number of halogens is 1. The van der Waals surface area contributed by atoms with E-state index in [0.717, 1.165) is 16.7 Å². The summed E-state index contributed by atoms with van der Waals surface area (Å²) in [5, 5.41) is 25.7. The molecule has 9 heteroatoms. The van der Waals surface area contributed by atoms with Crippen LogP contribution in [0.15, 0.2) is 54.9 Å². The SMILES string of the molecule is CC(=O)[C@]12CC1[C@@H](n1cnc3c(NCc4cccc(Cl)c4)nc(C#Cc4cccc(C)c4)nc31)[C@H](O)C2O. The van der Waals surface area contributed by atoms with Crippen molar-refractivity contribution in [1.29, 1.82) is 0 Å². The van der Waals surface area contributed by atoms with Gasteiger partial charge in [0.2, 0.25) is 5.82 Å². The first-order valence-corrected chi connectivity index (χ1v) is 12.8. The molecule has 0 spiro atoms. The molecule has 5 atom stereocenters. The van der Waals surface area contributed by atoms with E-state index >= 15 is 0 Å². The molecule has 38 heavy (non-hydrogen) atoms. The lowest BCUT2D eigenvalue weighted by Gasteiger charge is -2.23. The molecule has 4 aromatic rings. The number of aliphatic hydroxyl groups is 2. The molecule has 2 unspecified atom stereocenters. The minimum Gasteiger partial charge on any atom is -0.389 e. The summed E-state index contributed by atoms with van der Waals surface area (Å²) in [5.41, 5.74) is 2.99. The maximum atomic E-state index is 12.4. The van der Waals surface area contributed by atoms with Gasteiger partial charge in [0.1, 0.15) is 11.9 Å². The highest BCUT2D eigenvalue weighted by atomic mass is 35.5. The van der Waals surface area contributed by atoms with Gasteiger partial charge in [0.25, 0.3) is 0 Å². The molecule has 0 radical (unpaired) electrons. The number of ketones is 1. The Morgan fingerprint density at radius 2 is 2.00 bits per heavy atom. The van der Waals surface area contributed by atoms with Crippen molar-refractivity contribution in [2.75, 3.05) is 5.32 Å². The number of imidazole rings is 1. The molecule has 192 valence electrons. The predicted molar refractivity (Wildman–Crippen MR) is 144 cm³/mol. The van der Waals surface area contributed by atoms with Gasteiger partial charge in [0.05, 0.1) is 23.9 Å². The average Bonchev–Trinajstić information content (AvgIpc) is 3.44. The Labute approximate surface area is 224 Å². The van der Waals surface area contributed by atoms with Gasteiger partial charge in [-0.3, -0.25) is 4.79 Å². The molecule has 6 rings (SSSR count). The summed E-state index contributed by atoms with van der Waals surface area (Å²) in [4.78, 5) is 26.3. The fourth-order valence-corrected chi connectivity index (χ4v) is 5.98. The molecule has 2 heterocycles. The quantitative estimate of drug-likeness (QED) is 0.339. The minimum absolute atomic E-state index is 0.107. The van der Waals surface area contributed by atoms with Gasteiger partial charge >= 0.3 is 0 Å². The van der Waals surface area contributed by atoms with Gasteiger partial charge in [-0.1, -0.05) is 41.8 Å². The third kappa shape index (κ3) is 4.04. The second kappa shape index (κ2) is 9.21. The van der Waals surface area contributed by atoms with Gasteiger partial charge in [0, 0.05) is 17.1 Å². The number of carbonyl (C=O) groups excluding carboxylic acids is 1. The van der Waals surface area contributed by atoms with E-state index in [4.69, 9.17) is 16.6 Å². The molecule has 2 fully saturated rings. The number of aromatic nitrogens is 4. The molecule has 2 saturated carbocycles. The second-order valence-electron chi connectivity index (χ2n) is 10.2. The normalized spacial score (nSPS) is 25.5. The van der Waals surface area contributed by atoms with E-state index in [1.165, 1.54) is 6.92 Å². The zero-order valence-corrected chi connectivity index (χ0v) is 21.6. The van der Waals surface area contributed by atoms with E-state index in [1.807, 2.05) is 55.5 Å². The Kier molecular flexibility index (Phi) is 5.95. The lowest BCUT2D eigenvalue weighted by molar-refractivity contribution is -0.128. The van der Waals surface area contributed by atoms with Crippen molar-refractivity contribution in [3.63, 3.8) is 0 Å². The summed E-state index contributed by atoms with van der Waals surface area (Å²) in [6, 6.07) is 14.8. The number of hydrogen-bond acceptors (Lipinski definition) is 7. The lowest BCUT2D eigenvalue weighted by Crippen LogP contribution is -2.36. The number of hydrogen-bond donors (Lipinski definition) is 3. The monoisotopic (exact) mass is 527 g/mol. The molecule has 0 bridgehead atoms.